The molecule has 0 aliphatic rings. The van der Waals surface area contributed by atoms with E-state index in [-0.39, 0.29) is 12.1 Å². The van der Waals surface area contributed by atoms with Gasteiger partial charge in [-0.1, -0.05) is 0 Å². The van der Waals surface area contributed by atoms with E-state index in [1.54, 1.807) is 0 Å². The quantitative estimate of drug-likeness (QED) is 0.752. The van der Waals surface area contributed by atoms with Crippen molar-refractivity contribution in [1.82, 2.24) is 4.98 Å². The van der Waals surface area contributed by atoms with Crippen molar-refractivity contribution in [2.75, 3.05) is 0 Å². The molecule has 4 nitrogen and oxygen atoms in total. The number of alkyl halides is 3. The molecule has 0 amide bonds. The Balaban J connectivity index is 2.96. The molecular formula is C7H7F3N2O2. The summed E-state index contributed by atoms with van der Waals surface area (Å²) in [4.78, 5) is 13.0. The second kappa shape index (κ2) is 3.70. The first kappa shape index (κ1) is 10.6. The average molecular weight is 208 g/mol. The molecule has 78 valence electrons. The van der Waals surface area contributed by atoms with Crippen molar-refractivity contribution >= 4 is 0 Å². The summed E-state index contributed by atoms with van der Waals surface area (Å²) in [6, 6.07) is 0.951. The summed E-state index contributed by atoms with van der Waals surface area (Å²) in [5.41, 5.74) is 4.63. The van der Waals surface area contributed by atoms with Crippen LogP contribution in [-0.4, -0.2) is 11.3 Å². The molecule has 0 bridgehead atoms. The van der Waals surface area contributed by atoms with Crippen LogP contribution in [0.25, 0.3) is 0 Å². The fourth-order valence-electron chi connectivity index (χ4n) is 0.852. The third-order valence-electron chi connectivity index (χ3n) is 1.41. The highest BCUT2D eigenvalue weighted by molar-refractivity contribution is 5.23. The van der Waals surface area contributed by atoms with Gasteiger partial charge in [0.2, 0.25) is 0 Å². The second-order valence-electron chi connectivity index (χ2n) is 2.44. The van der Waals surface area contributed by atoms with Crippen LogP contribution >= 0.6 is 0 Å². The summed E-state index contributed by atoms with van der Waals surface area (Å²) in [5, 5.41) is 0. The normalized spacial score (nSPS) is 11.4. The van der Waals surface area contributed by atoms with E-state index in [1.165, 1.54) is 0 Å². The fraction of sp³-hybridized carbons (Fsp3) is 0.286. The number of aromatic amines is 1. The number of H-pyrrole nitrogens is 1. The van der Waals surface area contributed by atoms with Crippen LogP contribution < -0.4 is 16.0 Å². The molecule has 0 aromatic carbocycles. The number of nitrogens with two attached hydrogens (primary N) is 1. The van der Waals surface area contributed by atoms with Crippen LogP contribution in [0.2, 0.25) is 0 Å². The minimum Gasteiger partial charge on any atom is -0.404 e. The topological polar surface area (TPSA) is 68.1 Å². The summed E-state index contributed by atoms with van der Waals surface area (Å²) >= 11 is 0. The Morgan fingerprint density at radius 1 is 1.50 bits per heavy atom. The fourth-order valence-corrected chi connectivity index (χ4v) is 0.852. The van der Waals surface area contributed by atoms with Gasteiger partial charge in [-0.25, -0.2) is 0 Å². The summed E-state index contributed by atoms with van der Waals surface area (Å²) in [6.07, 6.45) is -3.95. The molecule has 0 spiro atoms. The smallest absolute Gasteiger partial charge is 0.404 e. The molecule has 0 saturated heterocycles. The number of aromatic nitrogens is 1. The van der Waals surface area contributed by atoms with Gasteiger partial charge in [0.15, 0.2) is 0 Å². The third-order valence-corrected chi connectivity index (χ3v) is 1.41. The largest absolute Gasteiger partial charge is 0.573 e. The Labute approximate surface area is 76.5 Å². The first-order chi connectivity index (χ1) is 6.42. The lowest BCUT2D eigenvalue weighted by Gasteiger charge is -2.08. The Bertz CT molecular complexity index is 372. The van der Waals surface area contributed by atoms with E-state index < -0.39 is 17.7 Å². The van der Waals surface area contributed by atoms with Gasteiger partial charge >= 0.3 is 6.36 Å². The Morgan fingerprint density at radius 3 is 2.64 bits per heavy atom. The van der Waals surface area contributed by atoms with Crippen LogP contribution in [0.5, 0.6) is 5.75 Å². The zero-order chi connectivity index (χ0) is 10.8. The van der Waals surface area contributed by atoms with Gasteiger partial charge in [0.05, 0.1) is 0 Å². The van der Waals surface area contributed by atoms with Crippen LogP contribution in [0.4, 0.5) is 13.2 Å². The highest BCUT2D eigenvalue weighted by atomic mass is 19.4. The molecule has 7 heteroatoms. The van der Waals surface area contributed by atoms with Crippen molar-refractivity contribution < 1.29 is 17.9 Å². The van der Waals surface area contributed by atoms with Gasteiger partial charge in [-0.3, -0.25) is 4.79 Å². The van der Waals surface area contributed by atoms with Gasteiger partial charge in [-0.15, -0.1) is 13.2 Å². The lowest BCUT2D eigenvalue weighted by atomic mass is 10.3. The standard InChI is InChI=1S/C7H7F3N2O2/c8-7(9,10)14-5-1-4(2-11)6(13)12-3-5/h1,3H,2,11H2,(H,12,13). The van der Waals surface area contributed by atoms with Crippen molar-refractivity contribution in [1.29, 1.82) is 0 Å². The van der Waals surface area contributed by atoms with Gasteiger partial charge in [0.25, 0.3) is 5.56 Å². The van der Waals surface area contributed by atoms with Gasteiger partial charge in [0.1, 0.15) is 5.75 Å². The average Bonchev–Trinajstić information content (AvgIpc) is 2.06. The van der Waals surface area contributed by atoms with E-state index in [1.807, 2.05) is 0 Å². The first-order valence-corrected chi connectivity index (χ1v) is 3.60. The highest BCUT2D eigenvalue weighted by Gasteiger charge is 2.31. The van der Waals surface area contributed by atoms with E-state index in [9.17, 15) is 18.0 Å². The number of rotatable bonds is 2. The number of halogens is 3. The predicted molar refractivity (Wildman–Crippen MR) is 41.6 cm³/mol. The maximum Gasteiger partial charge on any atom is 0.573 e. The number of hydrogen-bond donors (Lipinski definition) is 2. The number of hydrogen-bond acceptors (Lipinski definition) is 3. The molecular weight excluding hydrogens is 201 g/mol. The zero-order valence-corrected chi connectivity index (χ0v) is 6.89. The summed E-state index contributed by atoms with van der Waals surface area (Å²) < 4.78 is 38.8. The first-order valence-electron chi connectivity index (χ1n) is 3.60. The lowest BCUT2D eigenvalue weighted by Crippen LogP contribution is -2.20. The number of nitrogens with one attached hydrogen (secondary N) is 1. The molecule has 0 aliphatic carbocycles. The van der Waals surface area contributed by atoms with E-state index in [2.05, 4.69) is 9.72 Å². The second-order valence-corrected chi connectivity index (χ2v) is 2.44. The molecule has 3 N–H and O–H groups in total. The molecule has 0 aliphatic heterocycles. The van der Waals surface area contributed by atoms with Crippen molar-refractivity contribution in [3.8, 4) is 5.75 Å². The predicted octanol–water partition coefficient (Wildman–Crippen LogP) is 0.732. The molecule has 0 radical (unpaired) electrons. The Hall–Kier alpha value is -1.50. The van der Waals surface area contributed by atoms with Gasteiger partial charge in [-0.05, 0) is 6.07 Å². The van der Waals surface area contributed by atoms with Crippen molar-refractivity contribution in [3.63, 3.8) is 0 Å². The van der Waals surface area contributed by atoms with Crippen LogP contribution in [0.15, 0.2) is 17.1 Å². The van der Waals surface area contributed by atoms with Gasteiger partial charge < -0.3 is 15.5 Å². The van der Waals surface area contributed by atoms with E-state index >= 15 is 0 Å². The minimum absolute atomic E-state index is 0.0340. The van der Waals surface area contributed by atoms with Crippen LogP contribution in [-0.2, 0) is 6.54 Å². The molecule has 1 heterocycles. The highest BCUT2D eigenvalue weighted by Crippen LogP contribution is 2.21. The number of ether oxygens (including phenoxy) is 1. The monoisotopic (exact) mass is 208 g/mol. The van der Waals surface area contributed by atoms with Crippen LogP contribution in [0.1, 0.15) is 5.56 Å². The maximum atomic E-state index is 11.7. The van der Waals surface area contributed by atoms with Crippen molar-refractivity contribution in [2.45, 2.75) is 12.9 Å². The molecule has 0 atom stereocenters. The Morgan fingerprint density at radius 2 is 2.14 bits per heavy atom. The van der Waals surface area contributed by atoms with Crippen molar-refractivity contribution in [3.05, 3.63) is 28.2 Å². The number of pyridine rings is 1. The maximum absolute atomic E-state index is 11.7. The molecule has 0 saturated carbocycles. The van der Waals surface area contributed by atoms with E-state index in [4.69, 9.17) is 5.73 Å². The van der Waals surface area contributed by atoms with Crippen molar-refractivity contribution in [2.24, 2.45) is 5.73 Å². The van der Waals surface area contributed by atoms with E-state index in [0.717, 1.165) is 12.3 Å². The molecule has 0 fully saturated rings. The van der Waals surface area contributed by atoms with Crippen LogP contribution in [0.3, 0.4) is 0 Å². The summed E-state index contributed by atoms with van der Waals surface area (Å²) in [7, 11) is 0. The van der Waals surface area contributed by atoms with Gasteiger partial charge in [0, 0.05) is 18.3 Å². The van der Waals surface area contributed by atoms with Crippen LogP contribution in [0, 0.1) is 0 Å². The molecule has 1 aromatic heterocycles. The summed E-state index contributed by atoms with van der Waals surface area (Å²) in [5.74, 6) is -0.488. The summed E-state index contributed by atoms with van der Waals surface area (Å²) in [6.45, 7) is -0.148. The van der Waals surface area contributed by atoms with E-state index in [0.29, 0.717) is 0 Å². The Kier molecular flexibility index (Phi) is 2.80. The lowest BCUT2D eigenvalue weighted by molar-refractivity contribution is -0.274. The molecule has 1 aromatic rings. The zero-order valence-electron chi connectivity index (χ0n) is 6.89. The molecule has 0 unspecified atom stereocenters. The minimum atomic E-state index is -4.77. The third kappa shape index (κ3) is 2.77. The van der Waals surface area contributed by atoms with Gasteiger partial charge in [-0.2, -0.15) is 0 Å². The molecule has 14 heavy (non-hydrogen) atoms. The molecule has 1 rings (SSSR count). The SMILES string of the molecule is NCc1cc(OC(F)(F)F)c[nH]c1=O.